The Bertz CT molecular complexity index is 1000. The Morgan fingerprint density at radius 3 is 2.56 bits per heavy atom. The van der Waals surface area contributed by atoms with Gasteiger partial charge >= 0.3 is 5.63 Å². The van der Waals surface area contributed by atoms with Gasteiger partial charge in [-0.3, -0.25) is 4.79 Å². The molecule has 0 spiro atoms. The predicted molar refractivity (Wildman–Crippen MR) is 104 cm³/mol. The van der Waals surface area contributed by atoms with Crippen molar-refractivity contribution in [3.05, 3.63) is 76.2 Å². The SMILES string of the molecule is CNc1ccc(C(=O)/C=C/c2cc3ccc(SC)cc3oc2=O)cc1. The number of thioether (sulfide) groups is 1. The molecule has 0 unspecified atom stereocenters. The van der Waals surface area contributed by atoms with E-state index in [0.717, 1.165) is 16.0 Å². The molecule has 0 saturated heterocycles. The predicted octanol–water partition coefficient (Wildman–Crippen LogP) is 4.45. The summed E-state index contributed by atoms with van der Waals surface area (Å²) < 4.78 is 5.36. The number of allylic oxidation sites excluding steroid dienone is 1. The fourth-order valence-corrected chi connectivity index (χ4v) is 2.84. The van der Waals surface area contributed by atoms with E-state index in [0.29, 0.717) is 16.7 Å². The highest BCUT2D eigenvalue weighted by Crippen LogP contribution is 2.21. The van der Waals surface area contributed by atoms with Gasteiger partial charge in [-0.25, -0.2) is 4.79 Å². The minimum Gasteiger partial charge on any atom is -0.422 e. The first kappa shape index (κ1) is 17.0. The van der Waals surface area contributed by atoms with Crippen LogP contribution in [0.15, 0.2) is 68.7 Å². The molecule has 0 aliphatic heterocycles. The lowest BCUT2D eigenvalue weighted by molar-refractivity contribution is 0.104. The first-order chi connectivity index (χ1) is 12.1. The Hall–Kier alpha value is -2.79. The zero-order valence-corrected chi connectivity index (χ0v) is 14.7. The zero-order valence-electron chi connectivity index (χ0n) is 13.9. The number of anilines is 1. The molecule has 0 fully saturated rings. The van der Waals surface area contributed by atoms with Crippen molar-refractivity contribution in [1.82, 2.24) is 0 Å². The Balaban J connectivity index is 1.88. The van der Waals surface area contributed by atoms with E-state index in [1.807, 2.05) is 43.6 Å². The number of hydrogen-bond donors (Lipinski definition) is 1. The molecule has 4 nitrogen and oxygen atoms in total. The summed E-state index contributed by atoms with van der Waals surface area (Å²) in [5, 5.41) is 3.82. The van der Waals surface area contributed by atoms with Gasteiger partial charge in [0.25, 0.3) is 0 Å². The van der Waals surface area contributed by atoms with Crippen LogP contribution >= 0.6 is 11.8 Å². The van der Waals surface area contributed by atoms with Crippen molar-refractivity contribution in [3.8, 4) is 0 Å². The number of nitrogens with one attached hydrogen (secondary N) is 1. The monoisotopic (exact) mass is 351 g/mol. The van der Waals surface area contributed by atoms with Gasteiger partial charge in [0.05, 0.1) is 5.56 Å². The Labute approximate surface area is 149 Å². The van der Waals surface area contributed by atoms with E-state index in [9.17, 15) is 9.59 Å². The molecule has 1 N–H and O–H groups in total. The number of carbonyl (C=O) groups is 1. The lowest BCUT2D eigenvalue weighted by Gasteiger charge is -2.02. The van der Waals surface area contributed by atoms with Crippen LogP contribution in [0.25, 0.3) is 17.0 Å². The van der Waals surface area contributed by atoms with Gasteiger partial charge in [0.2, 0.25) is 0 Å². The van der Waals surface area contributed by atoms with E-state index in [1.54, 1.807) is 30.0 Å². The van der Waals surface area contributed by atoms with Crippen LogP contribution in [0, 0.1) is 0 Å². The Morgan fingerprint density at radius 1 is 1.12 bits per heavy atom. The van der Waals surface area contributed by atoms with Gasteiger partial charge in [0.15, 0.2) is 5.78 Å². The Kier molecular flexibility index (Phi) is 5.05. The molecule has 0 atom stereocenters. The number of carbonyl (C=O) groups excluding carboxylic acids is 1. The van der Waals surface area contributed by atoms with Gasteiger partial charge < -0.3 is 9.73 Å². The standard InChI is InChI=1S/C20H17NO3S/c1-21-16-7-3-13(4-8-16)18(22)10-6-15-11-14-5-9-17(25-2)12-19(14)24-20(15)23/h3-12,21H,1-2H3/b10-6+. The van der Waals surface area contributed by atoms with Gasteiger partial charge in [-0.15, -0.1) is 11.8 Å². The maximum atomic E-state index is 12.2. The average Bonchev–Trinajstić information content (AvgIpc) is 2.65. The highest BCUT2D eigenvalue weighted by atomic mass is 32.2. The lowest BCUT2D eigenvalue weighted by Crippen LogP contribution is -2.03. The highest BCUT2D eigenvalue weighted by molar-refractivity contribution is 7.98. The van der Waals surface area contributed by atoms with Gasteiger partial charge in [0.1, 0.15) is 5.58 Å². The normalized spacial score (nSPS) is 11.1. The van der Waals surface area contributed by atoms with Crippen LogP contribution in [0.5, 0.6) is 0 Å². The number of fused-ring (bicyclic) bond motifs is 1. The summed E-state index contributed by atoms with van der Waals surface area (Å²) in [4.78, 5) is 25.4. The summed E-state index contributed by atoms with van der Waals surface area (Å²) in [5.74, 6) is -0.167. The summed E-state index contributed by atoms with van der Waals surface area (Å²) >= 11 is 1.58. The second-order valence-corrected chi connectivity index (χ2v) is 6.30. The van der Waals surface area contributed by atoms with Crippen molar-refractivity contribution in [2.24, 2.45) is 0 Å². The van der Waals surface area contributed by atoms with Crippen molar-refractivity contribution in [1.29, 1.82) is 0 Å². The van der Waals surface area contributed by atoms with Gasteiger partial charge in [0, 0.05) is 28.6 Å². The minimum absolute atomic E-state index is 0.167. The molecular formula is C20H17NO3S. The van der Waals surface area contributed by atoms with Crippen LogP contribution in [0.4, 0.5) is 5.69 Å². The van der Waals surface area contributed by atoms with Gasteiger partial charge in [-0.2, -0.15) is 0 Å². The first-order valence-corrected chi connectivity index (χ1v) is 8.95. The van der Waals surface area contributed by atoms with Crippen LogP contribution in [0.1, 0.15) is 15.9 Å². The molecule has 1 heterocycles. The number of ketones is 1. The van der Waals surface area contributed by atoms with Crippen molar-refractivity contribution in [2.75, 3.05) is 18.6 Å². The summed E-state index contributed by atoms with van der Waals surface area (Å²) in [7, 11) is 1.82. The topological polar surface area (TPSA) is 59.3 Å². The van der Waals surface area contributed by atoms with Crippen molar-refractivity contribution < 1.29 is 9.21 Å². The molecular weight excluding hydrogens is 334 g/mol. The molecule has 0 bridgehead atoms. The summed E-state index contributed by atoms with van der Waals surface area (Å²) in [5.41, 5.74) is 1.93. The second-order valence-electron chi connectivity index (χ2n) is 5.42. The van der Waals surface area contributed by atoms with Crippen LogP contribution in [0.3, 0.4) is 0 Å². The molecule has 3 rings (SSSR count). The van der Waals surface area contributed by atoms with E-state index >= 15 is 0 Å². The van der Waals surface area contributed by atoms with Crippen LogP contribution in [0.2, 0.25) is 0 Å². The van der Waals surface area contributed by atoms with Crippen molar-refractivity contribution in [2.45, 2.75) is 4.90 Å². The smallest absolute Gasteiger partial charge is 0.343 e. The van der Waals surface area contributed by atoms with E-state index < -0.39 is 5.63 Å². The van der Waals surface area contributed by atoms with Crippen LogP contribution in [-0.2, 0) is 0 Å². The lowest BCUT2D eigenvalue weighted by atomic mass is 10.1. The van der Waals surface area contributed by atoms with Gasteiger partial charge in [-0.1, -0.05) is 6.07 Å². The molecule has 0 aliphatic rings. The molecule has 0 saturated carbocycles. The van der Waals surface area contributed by atoms with Crippen LogP contribution < -0.4 is 10.9 Å². The summed E-state index contributed by atoms with van der Waals surface area (Å²) in [6, 6.07) is 14.6. The number of rotatable bonds is 5. The van der Waals surface area contributed by atoms with Crippen molar-refractivity contribution in [3.63, 3.8) is 0 Å². The largest absolute Gasteiger partial charge is 0.422 e. The molecule has 0 radical (unpaired) electrons. The third kappa shape index (κ3) is 3.83. The quantitative estimate of drug-likeness (QED) is 0.318. The molecule has 5 heteroatoms. The maximum Gasteiger partial charge on any atom is 0.343 e. The average molecular weight is 351 g/mol. The molecule has 25 heavy (non-hydrogen) atoms. The van der Waals surface area contributed by atoms with E-state index in [1.165, 1.54) is 12.2 Å². The number of hydrogen-bond acceptors (Lipinski definition) is 5. The second kappa shape index (κ2) is 7.40. The summed E-state index contributed by atoms with van der Waals surface area (Å²) in [6.07, 6.45) is 4.86. The maximum absolute atomic E-state index is 12.2. The molecule has 0 aliphatic carbocycles. The van der Waals surface area contributed by atoms with Crippen molar-refractivity contribution >= 4 is 40.3 Å². The molecule has 0 amide bonds. The summed E-state index contributed by atoms with van der Waals surface area (Å²) in [6.45, 7) is 0. The highest BCUT2D eigenvalue weighted by Gasteiger charge is 2.06. The van der Waals surface area contributed by atoms with E-state index in [-0.39, 0.29) is 5.78 Å². The molecule has 1 aromatic heterocycles. The number of benzene rings is 2. The molecule has 3 aromatic rings. The van der Waals surface area contributed by atoms with E-state index in [4.69, 9.17) is 4.42 Å². The minimum atomic E-state index is -0.458. The molecule has 2 aromatic carbocycles. The molecule has 126 valence electrons. The fourth-order valence-electron chi connectivity index (χ4n) is 2.41. The van der Waals surface area contributed by atoms with Gasteiger partial charge in [-0.05, 0) is 60.9 Å². The third-order valence-corrected chi connectivity index (χ3v) is 4.57. The first-order valence-electron chi connectivity index (χ1n) is 7.73. The van der Waals surface area contributed by atoms with E-state index in [2.05, 4.69) is 5.32 Å². The zero-order chi connectivity index (χ0) is 17.8. The third-order valence-electron chi connectivity index (χ3n) is 3.84. The fraction of sp³-hybridized carbons (Fsp3) is 0.100. The van der Waals surface area contributed by atoms with Crippen LogP contribution in [-0.4, -0.2) is 19.1 Å². The Morgan fingerprint density at radius 2 is 1.88 bits per heavy atom.